The molecule has 10 nitrogen and oxygen atoms in total. The molecule has 6 rings (SSSR count). The summed E-state index contributed by atoms with van der Waals surface area (Å²) >= 11 is 1.57. The first-order valence-electron chi connectivity index (χ1n) is 13.6. The highest BCUT2D eigenvalue weighted by Crippen LogP contribution is 2.46. The summed E-state index contributed by atoms with van der Waals surface area (Å²) in [5.41, 5.74) is 1.93. The van der Waals surface area contributed by atoms with E-state index in [2.05, 4.69) is 10.0 Å². The van der Waals surface area contributed by atoms with Crippen molar-refractivity contribution in [2.75, 3.05) is 12.4 Å². The molecule has 1 unspecified atom stereocenters. The van der Waals surface area contributed by atoms with Gasteiger partial charge in [-0.15, -0.1) is 11.3 Å². The summed E-state index contributed by atoms with van der Waals surface area (Å²) in [6.45, 7) is 1.39. The van der Waals surface area contributed by atoms with E-state index in [0.29, 0.717) is 28.8 Å². The van der Waals surface area contributed by atoms with Crippen LogP contribution in [0.5, 0.6) is 5.75 Å². The predicted octanol–water partition coefficient (Wildman–Crippen LogP) is 5.09. The van der Waals surface area contributed by atoms with Gasteiger partial charge in [0, 0.05) is 46.2 Å². The van der Waals surface area contributed by atoms with Gasteiger partial charge in [-0.3, -0.25) is 9.59 Å². The fourth-order valence-corrected chi connectivity index (χ4v) is 8.14. The molecule has 0 bridgehead atoms. The second-order valence-electron chi connectivity index (χ2n) is 10.6. The van der Waals surface area contributed by atoms with Crippen molar-refractivity contribution in [3.63, 3.8) is 0 Å². The number of carbonyl (C=O) groups is 2. The maximum absolute atomic E-state index is 13.3. The van der Waals surface area contributed by atoms with Crippen LogP contribution in [0, 0.1) is 0 Å². The van der Waals surface area contributed by atoms with Crippen LogP contribution in [0.1, 0.15) is 65.5 Å². The number of amides is 1. The molecule has 0 aliphatic heterocycles. The molecule has 2 aliphatic carbocycles. The maximum Gasteiger partial charge on any atom is 0.341 e. The van der Waals surface area contributed by atoms with Crippen LogP contribution in [-0.4, -0.2) is 37.1 Å². The number of aromatic nitrogens is 1. The zero-order valence-electron chi connectivity index (χ0n) is 23.0. The van der Waals surface area contributed by atoms with Gasteiger partial charge in [0.2, 0.25) is 21.4 Å². The molecule has 1 fully saturated rings. The molecule has 0 spiro atoms. The average molecular weight is 608 g/mol. The Balaban J connectivity index is 1.38. The first kappa shape index (κ1) is 28.1. The molecule has 2 aliphatic rings. The molecule has 42 heavy (non-hydrogen) atoms. The van der Waals surface area contributed by atoms with Crippen LogP contribution in [0.3, 0.4) is 0 Å². The lowest BCUT2D eigenvalue weighted by molar-refractivity contribution is -0.114. The van der Waals surface area contributed by atoms with E-state index in [1.54, 1.807) is 35.6 Å². The van der Waals surface area contributed by atoms with Crippen molar-refractivity contribution >= 4 is 49.8 Å². The number of nitrogens with one attached hydrogen (secondary N) is 2. The molecular weight excluding hydrogens is 578 g/mol. The molecule has 1 saturated carbocycles. The third-order valence-corrected chi connectivity index (χ3v) is 10.4. The number of methoxy groups -OCH3 is 1. The van der Waals surface area contributed by atoms with Gasteiger partial charge in [0.15, 0.2) is 5.75 Å². The van der Waals surface area contributed by atoms with E-state index in [1.165, 1.54) is 32.4 Å². The number of aromatic carboxylic acids is 1. The minimum atomic E-state index is -3.84. The summed E-state index contributed by atoms with van der Waals surface area (Å²) in [6.07, 6.45) is 5.46. The third kappa shape index (κ3) is 5.10. The van der Waals surface area contributed by atoms with Gasteiger partial charge in [0.25, 0.3) is 0 Å². The normalized spacial score (nSPS) is 16.7. The van der Waals surface area contributed by atoms with Gasteiger partial charge in [0.05, 0.1) is 22.9 Å². The lowest BCUT2D eigenvalue weighted by Gasteiger charge is -2.23. The van der Waals surface area contributed by atoms with E-state index in [1.807, 2.05) is 10.6 Å². The molecule has 2 aromatic carbocycles. The fraction of sp³-hybridized carbons (Fsp3) is 0.300. The van der Waals surface area contributed by atoms with Gasteiger partial charge >= 0.3 is 5.97 Å². The summed E-state index contributed by atoms with van der Waals surface area (Å²) in [6, 6.07) is 11.1. The van der Waals surface area contributed by atoms with Crippen LogP contribution in [0.25, 0.3) is 21.3 Å². The number of carboxylic acids is 1. The van der Waals surface area contributed by atoms with Crippen molar-refractivity contribution in [2.45, 2.75) is 56.0 Å². The second-order valence-corrected chi connectivity index (χ2v) is 13.5. The summed E-state index contributed by atoms with van der Waals surface area (Å²) in [4.78, 5) is 38.2. The standard InChI is InChI=1S/C30H29N3O7S2/c1-16(34)31-17-6-10-19(11-7-17)42(38,39)32-24-4-3-5-25-22(24)14-26(41-25)20-12-13-21-27(29(20)40-2)33(18-8-9-18)15-23(28(21)35)30(36)37/h6-7,10-15,18,24,32H,3-5,8-9H2,1-2H3,(H,31,34)(H,36,37). The van der Waals surface area contributed by atoms with Crippen LogP contribution >= 0.6 is 11.3 Å². The topological polar surface area (TPSA) is 144 Å². The number of fused-ring (bicyclic) bond motifs is 2. The van der Waals surface area contributed by atoms with Crippen molar-refractivity contribution < 1.29 is 27.9 Å². The number of carboxylic acid groups (broad SMARTS) is 1. The summed E-state index contributed by atoms with van der Waals surface area (Å²) < 4.78 is 37.2. The molecule has 3 N–H and O–H groups in total. The van der Waals surface area contributed by atoms with E-state index in [0.717, 1.165) is 46.6 Å². The van der Waals surface area contributed by atoms with Crippen molar-refractivity contribution in [1.29, 1.82) is 0 Å². The number of hydrogen-bond acceptors (Lipinski definition) is 7. The monoisotopic (exact) mass is 607 g/mol. The minimum absolute atomic E-state index is 0.0954. The van der Waals surface area contributed by atoms with Crippen LogP contribution in [-0.2, 0) is 21.2 Å². The van der Waals surface area contributed by atoms with Gasteiger partial charge < -0.3 is 19.7 Å². The van der Waals surface area contributed by atoms with Gasteiger partial charge in [-0.05, 0) is 80.1 Å². The van der Waals surface area contributed by atoms with Crippen molar-refractivity contribution in [3.8, 4) is 16.2 Å². The highest BCUT2D eigenvalue weighted by atomic mass is 32.2. The zero-order valence-corrected chi connectivity index (χ0v) is 24.6. The molecule has 1 amide bonds. The number of benzene rings is 2. The van der Waals surface area contributed by atoms with Crippen LogP contribution in [0.4, 0.5) is 5.69 Å². The summed E-state index contributed by atoms with van der Waals surface area (Å²) in [5, 5.41) is 12.5. The number of rotatable bonds is 8. The molecule has 4 aromatic rings. The molecule has 12 heteroatoms. The van der Waals surface area contributed by atoms with E-state index in [-0.39, 0.29) is 22.4 Å². The second kappa shape index (κ2) is 10.7. The molecule has 2 aromatic heterocycles. The molecule has 2 heterocycles. The number of sulfonamides is 1. The number of pyridine rings is 1. The maximum atomic E-state index is 13.3. The number of ether oxygens (including phenoxy) is 1. The first-order chi connectivity index (χ1) is 20.1. The van der Waals surface area contributed by atoms with Gasteiger partial charge in [-0.2, -0.15) is 0 Å². The smallest absolute Gasteiger partial charge is 0.341 e. The Morgan fingerprint density at radius 2 is 1.83 bits per heavy atom. The van der Waals surface area contributed by atoms with Crippen LogP contribution < -0.4 is 20.2 Å². The van der Waals surface area contributed by atoms with E-state index in [4.69, 9.17) is 4.74 Å². The van der Waals surface area contributed by atoms with Crippen LogP contribution in [0.15, 0.2) is 58.4 Å². The van der Waals surface area contributed by atoms with Gasteiger partial charge in [-0.1, -0.05) is 0 Å². The lowest BCUT2D eigenvalue weighted by atomic mass is 9.94. The summed E-state index contributed by atoms with van der Waals surface area (Å²) in [5.74, 6) is -1.01. The highest BCUT2D eigenvalue weighted by molar-refractivity contribution is 7.89. The molecule has 1 atom stereocenters. The number of anilines is 1. The fourth-order valence-electron chi connectivity index (χ4n) is 5.60. The number of nitrogens with zero attached hydrogens (tertiary/aromatic N) is 1. The van der Waals surface area contributed by atoms with Crippen LogP contribution in [0.2, 0.25) is 0 Å². The summed E-state index contributed by atoms with van der Waals surface area (Å²) in [7, 11) is -2.30. The number of hydrogen-bond donors (Lipinski definition) is 3. The quantitative estimate of drug-likeness (QED) is 0.253. The Hall–Kier alpha value is -4.00. The molecular formula is C30H29N3O7S2. The van der Waals surface area contributed by atoms with Crippen molar-refractivity contribution in [2.24, 2.45) is 0 Å². The minimum Gasteiger partial charge on any atom is -0.494 e. The van der Waals surface area contributed by atoms with Gasteiger partial charge in [0.1, 0.15) is 5.56 Å². The average Bonchev–Trinajstić information content (AvgIpc) is 3.70. The molecule has 0 saturated heterocycles. The number of carbonyl (C=O) groups excluding carboxylic acids is 1. The Morgan fingerprint density at radius 3 is 2.48 bits per heavy atom. The predicted molar refractivity (Wildman–Crippen MR) is 160 cm³/mol. The number of aryl methyl sites for hydroxylation is 1. The van der Waals surface area contributed by atoms with E-state index < -0.39 is 27.5 Å². The van der Waals surface area contributed by atoms with Crippen molar-refractivity contribution in [3.05, 3.63) is 74.9 Å². The SMILES string of the molecule is COc1c(-c2cc3c(s2)CCCC3NS(=O)(=O)c2ccc(NC(C)=O)cc2)ccc2c(=O)c(C(=O)O)cn(C3CC3)c12. The Labute approximate surface area is 246 Å². The molecule has 0 radical (unpaired) electrons. The Kier molecular flexibility index (Phi) is 7.16. The first-order valence-corrected chi connectivity index (χ1v) is 15.9. The Bertz CT molecular complexity index is 1910. The number of thiophene rings is 1. The largest absolute Gasteiger partial charge is 0.494 e. The molecule has 218 valence electrons. The van der Waals surface area contributed by atoms with E-state index in [9.17, 15) is 27.9 Å². The van der Waals surface area contributed by atoms with Crippen molar-refractivity contribution in [1.82, 2.24) is 9.29 Å². The zero-order chi connectivity index (χ0) is 29.8. The lowest BCUT2D eigenvalue weighted by Crippen LogP contribution is -2.30. The van der Waals surface area contributed by atoms with E-state index >= 15 is 0 Å². The Morgan fingerprint density at radius 1 is 1.10 bits per heavy atom. The third-order valence-electron chi connectivity index (χ3n) is 7.68. The van der Waals surface area contributed by atoms with Gasteiger partial charge in [-0.25, -0.2) is 17.9 Å². The highest BCUT2D eigenvalue weighted by Gasteiger charge is 2.31.